The summed E-state index contributed by atoms with van der Waals surface area (Å²) in [6, 6.07) is 6.32. The zero-order chi connectivity index (χ0) is 13.4. The van der Waals surface area contributed by atoms with Crippen LogP contribution >= 0.6 is 11.6 Å². The van der Waals surface area contributed by atoms with Crippen LogP contribution in [0, 0.1) is 12.8 Å². The second-order valence-electron chi connectivity index (χ2n) is 4.77. The summed E-state index contributed by atoms with van der Waals surface area (Å²) in [4.78, 5) is 0. The van der Waals surface area contributed by atoms with Gasteiger partial charge in [0.25, 0.3) is 0 Å². The largest absolute Gasteiger partial charge is 0.383 e. The fourth-order valence-electron chi connectivity index (χ4n) is 1.97. The third kappa shape index (κ3) is 5.38. The lowest BCUT2D eigenvalue weighted by molar-refractivity contribution is 0.197. The van der Waals surface area contributed by atoms with E-state index in [0.717, 1.165) is 37.6 Å². The van der Waals surface area contributed by atoms with Gasteiger partial charge in [-0.2, -0.15) is 0 Å². The minimum absolute atomic E-state index is 0.627. The third-order valence-electron chi connectivity index (χ3n) is 3.21. The SMILES string of the molecule is CCC(CNCCOC)Cc1ccc(C)cc1Cl. The first-order valence-electron chi connectivity index (χ1n) is 6.62. The number of benzene rings is 1. The van der Waals surface area contributed by atoms with E-state index in [0.29, 0.717) is 5.92 Å². The number of ether oxygens (including phenoxy) is 1. The number of hydrogen-bond donors (Lipinski definition) is 1. The van der Waals surface area contributed by atoms with E-state index in [1.54, 1.807) is 7.11 Å². The number of halogens is 1. The Kier molecular flexibility index (Phi) is 7.33. The van der Waals surface area contributed by atoms with Crippen LogP contribution in [-0.4, -0.2) is 26.8 Å². The number of aryl methyl sites for hydroxylation is 1. The molecule has 1 atom stereocenters. The van der Waals surface area contributed by atoms with Crippen LogP contribution in [0.15, 0.2) is 18.2 Å². The molecule has 2 nitrogen and oxygen atoms in total. The lowest BCUT2D eigenvalue weighted by atomic mass is 9.96. The van der Waals surface area contributed by atoms with Gasteiger partial charge < -0.3 is 10.1 Å². The van der Waals surface area contributed by atoms with Crippen molar-refractivity contribution in [1.82, 2.24) is 5.32 Å². The molecule has 0 saturated carbocycles. The molecule has 0 fully saturated rings. The van der Waals surface area contributed by atoms with E-state index < -0.39 is 0 Å². The van der Waals surface area contributed by atoms with Crippen LogP contribution in [0.5, 0.6) is 0 Å². The number of methoxy groups -OCH3 is 1. The van der Waals surface area contributed by atoms with E-state index in [4.69, 9.17) is 16.3 Å². The summed E-state index contributed by atoms with van der Waals surface area (Å²) in [5.74, 6) is 0.627. The summed E-state index contributed by atoms with van der Waals surface area (Å²) in [5, 5.41) is 4.31. The van der Waals surface area contributed by atoms with Crippen LogP contribution in [0.4, 0.5) is 0 Å². The van der Waals surface area contributed by atoms with Gasteiger partial charge in [-0.25, -0.2) is 0 Å². The van der Waals surface area contributed by atoms with Crippen molar-refractivity contribution in [3.8, 4) is 0 Å². The minimum Gasteiger partial charge on any atom is -0.383 e. The molecule has 18 heavy (non-hydrogen) atoms. The fraction of sp³-hybridized carbons (Fsp3) is 0.600. The standard InChI is InChI=1S/C15H24ClNO/c1-4-13(11-17-7-8-18-3)10-14-6-5-12(2)9-15(14)16/h5-6,9,13,17H,4,7-8,10-11H2,1-3H3. The number of hydrogen-bond acceptors (Lipinski definition) is 2. The summed E-state index contributed by atoms with van der Waals surface area (Å²) in [6.45, 7) is 6.99. The average Bonchev–Trinajstić information content (AvgIpc) is 2.35. The Morgan fingerprint density at radius 1 is 1.39 bits per heavy atom. The Morgan fingerprint density at radius 3 is 2.78 bits per heavy atom. The zero-order valence-electron chi connectivity index (χ0n) is 11.6. The van der Waals surface area contributed by atoms with Crippen LogP contribution in [0.1, 0.15) is 24.5 Å². The lowest BCUT2D eigenvalue weighted by Gasteiger charge is -2.16. The molecule has 1 aromatic rings. The first-order valence-corrected chi connectivity index (χ1v) is 6.99. The zero-order valence-corrected chi connectivity index (χ0v) is 12.4. The molecule has 0 aliphatic carbocycles. The monoisotopic (exact) mass is 269 g/mol. The predicted octanol–water partition coefficient (Wildman–Crippen LogP) is 3.45. The molecule has 0 saturated heterocycles. The Balaban J connectivity index is 2.46. The Hall–Kier alpha value is -0.570. The first kappa shape index (κ1) is 15.5. The van der Waals surface area contributed by atoms with E-state index in [2.05, 4.69) is 31.3 Å². The normalized spacial score (nSPS) is 12.7. The topological polar surface area (TPSA) is 21.3 Å². The molecule has 0 aromatic heterocycles. The molecule has 1 N–H and O–H groups in total. The maximum absolute atomic E-state index is 6.27. The molecule has 1 unspecified atom stereocenters. The molecule has 0 radical (unpaired) electrons. The second kappa shape index (κ2) is 8.52. The van der Waals surface area contributed by atoms with E-state index in [1.807, 2.05) is 6.07 Å². The predicted molar refractivity (Wildman–Crippen MR) is 78.4 cm³/mol. The van der Waals surface area contributed by atoms with Gasteiger partial charge in [-0.1, -0.05) is 37.1 Å². The van der Waals surface area contributed by atoms with Crippen molar-refractivity contribution in [2.75, 3.05) is 26.8 Å². The van der Waals surface area contributed by atoms with Crippen molar-refractivity contribution in [2.45, 2.75) is 26.7 Å². The summed E-state index contributed by atoms with van der Waals surface area (Å²) in [5.41, 5.74) is 2.47. The van der Waals surface area contributed by atoms with Gasteiger partial charge in [0.1, 0.15) is 0 Å². The van der Waals surface area contributed by atoms with Crippen LogP contribution in [0.2, 0.25) is 5.02 Å². The molecular formula is C15H24ClNO. The molecule has 1 aromatic carbocycles. The molecule has 3 heteroatoms. The van der Waals surface area contributed by atoms with E-state index in [1.165, 1.54) is 11.1 Å². The summed E-state index contributed by atoms with van der Waals surface area (Å²) < 4.78 is 5.02. The molecule has 0 aliphatic heterocycles. The van der Waals surface area contributed by atoms with Crippen LogP contribution < -0.4 is 5.32 Å². The average molecular weight is 270 g/mol. The van der Waals surface area contributed by atoms with Crippen LogP contribution in [0.25, 0.3) is 0 Å². The van der Waals surface area contributed by atoms with E-state index in [9.17, 15) is 0 Å². The van der Waals surface area contributed by atoms with E-state index >= 15 is 0 Å². The van der Waals surface area contributed by atoms with E-state index in [-0.39, 0.29) is 0 Å². The molecular weight excluding hydrogens is 246 g/mol. The van der Waals surface area contributed by atoms with Crippen LogP contribution in [0.3, 0.4) is 0 Å². The van der Waals surface area contributed by atoms with Crippen molar-refractivity contribution in [3.63, 3.8) is 0 Å². The Labute approximate surface area is 116 Å². The highest BCUT2D eigenvalue weighted by Crippen LogP contribution is 2.21. The van der Waals surface area contributed by atoms with Gasteiger partial charge in [-0.15, -0.1) is 0 Å². The summed E-state index contributed by atoms with van der Waals surface area (Å²) in [7, 11) is 1.73. The van der Waals surface area contributed by atoms with Crippen molar-refractivity contribution in [2.24, 2.45) is 5.92 Å². The molecule has 0 spiro atoms. The van der Waals surface area contributed by atoms with Crippen molar-refractivity contribution in [3.05, 3.63) is 34.3 Å². The van der Waals surface area contributed by atoms with Gasteiger partial charge in [0.2, 0.25) is 0 Å². The van der Waals surface area contributed by atoms with Gasteiger partial charge in [-0.3, -0.25) is 0 Å². The van der Waals surface area contributed by atoms with Gasteiger partial charge in [0, 0.05) is 18.7 Å². The molecule has 0 bridgehead atoms. The summed E-state index contributed by atoms with van der Waals surface area (Å²) >= 11 is 6.27. The second-order valence-corrected chi connectivity index (χ2v) is 5.18. The number of nitrogens with one attached hydrogen (secondary N) is 1. The highest BCUT2D eigenvalue weighted by molar-refractivity contribution is 6.31. The molecule has 0 heterocycles. The molecule has 1 rings (SSSR count). The van der Waals surface area contributed by atoms with Crippen molar-refractivity contribution >= 4 is 11.6 Å². The Morgan fingerprint density at radius 2 is 2.17 bits per heavy atom. The highest BCUT2D eigenvalue weighted by Gasteiger charge is 2.09. The smallest absolute Gasteiger partial charge is 0.0587 e. The van der Waals surface area contributed by atoms with Gasteiger partial charge in [0.15, 0.2) is 0 Å². The third-order valence-corrected chi connectivity index (χ3v) is 3.56. The Bertz CT molecular complexity index is 354. The maximum atomic E-state index is 6.27. The molecule has 0 amide bonds. The first-order chi connectivity index (χ1) is 8.67. The maximum Gasteiger partial charge on any atom is 0.0587 e. The fourth-order valence-corrected chi connectivity index (χ4v) is 2.28. The molecule has 0 aliphatic rings. The quantitative estimate of drug-likeness (QED) is 0.730. The molecule has 102 valence electrons. The summed E-state index contributed by atoms with van der Waals surface area (Å²) in [6.07, 6.45) is 2.19. The number of rotatable bonds is 8. The van der Waals surface area contributed by atoms with Crippen molar-refractivity contribution < 1.29 is 4.74 Å². The minimum atomic E-state index is 0.627. The van der Waals surface area contributed by atoms with Crippen LogP contribution in [-0.2, 0) is 11.2 Å². The van der Waals surface area contributed by atoms with Gasteiger partial charge in [0.05, 0.1) is 6.61 Å². The highest BCUT2D eigenvalue weighted by atomic mass is 35.5. The van der Waals surface area contributed by atoms with Crippen molar-refractivity contribution in [1.29, 1.82) is 0 Å². The lowest BCUT2D eigenvalue weighted by Crippen LogP contribution is -2.27. The van der Waals surface area contributed by atoms with Gasteiger partial charge in [-0.05, 0) is 43.0 Å². The van der Waals surface area contributed by atoms with Gasteiger partial charge >= 0.3 is 0 Å².